The molecular weight excluding hydrogens is 388 g/mol. The number of ether oxygens (including phenoxy) is 3. The second kappa shape index (κ2) is 8.91. The molecule has 3 heterocycles. The Kier molecular flexibility index (Phi) is 6.26. The highest BCUT2D eigenvalue weighted by atomic mass is 16.6. The van der Waals surface area contributed by atoms with Gasteiger partial charge in [-0.25, -0.2) is 0 Å². The number of amides is 2. The van der Waals surface area contributed by atoms with Crippen LogP contribution in [0.15, 0.2) is 18.2 Å². The van der Waals surface area contributed by atoms with Crippen molar-refractivity contribution in [3.05, 3.63) is 23.8 Å². The minimum absolute atomic E-state index is 0.00537. The van der Waals surface area contributed by atoms with Gasteiger partial charge in [0.1, 0.15) is 18.0 Å². The Balaban J connectivity index is 1.49. The van der Waals surface area contributed by atoms with Gasteiger partial charge in [-0.15, -0.1) is 0 Å². The van der Waals surface area contributed by atoms with Gasteiger partial charge in [0.05, 0.1) is 19.1 Å². The SMILES string of the molecule is CN(C)C(=O)C[C@@H]1C[C@@H]2c3cc(NC(=O)C4CCOCC4)ccc3O[C@@H]2[C@@H](CO)O1. The van der Waals surface area contributed by atoms with E-state index in [4.69, 9.17) is 14.2 Å². The molecule has 1 aromatic rings. The second-order valence-corrected chi connectivity index (χ2v) is 8.52. The Morgan fingerprint density at radius 2 is 2.00 bits per heavy atom. The first kappa shape index (κ1) is 21.1. The van der Waals surface area contributed by atoms with Gasteiger partial charge in [-0.2, -0.15) is 0 Å². The van der Waals surface area contributed by atoms with Crippen LogP contribution in [-0.2, 0) is 19.1 Å². The Hall–Kier alpha value is -2.16. The highest BCUT2D eigenvalue weighted by molar-refractivity contribution is 5.92. The number of hydrogen-bond acceptors (Lipinski definition) is 6. The molecule has 0 aromatic heterocycles. The van der Waals surface area contributed by atoms with Crippen LogP contribution in [0.4, 0.5) is 5.69 Å². The average Bonchev–Trinajstić information content (AvgIpc) is 3.11. The summed E-state index contributed by atoms with van der Waals surface area (Å²) in [5.74, 6) is 0.732. The number of carbonyl (C=O) groups is 2. The highest BCUT2D eigenvalue weighted by Gasteiger charge is 2.46. The molecule has 3 aliphatic heterocycles. The number of nitrogens with zero attached hydrogens (tertiary/aromatic N) is 1. The van der Waals surface area contributed by atoms with E-state index in [1.54, 1.807) is 19.0 Å². The van der Waals surface area contributed by atoms with Crippen LogP contribution < -0.4 is 10.1 Å². The molecule has 30 heavy (non-hydrogen) atoms. The zero-order chi connectivity index (χ0) is 21.3. The Morgan fingerprint density at radius 1 is 1.23 bits per heavy atom. The average molecular weight is 418 g/mol. The molecule has 3 aliphatic rings. The lowest BCUT2D eigenvalue weighted by Gasteiger charge is -2.37. The van der Waals surface area contributed by atoms with Crippen molar-refractivity contribution in [2.75, 3.05) is 39.2 Å². The molecule has 4 atom stereocenters. The first-order chi connectivity index (χ1) is 14.5. The predicted molar refractivity (Wildman–Crippen MR) is 109 cm³/mol. The van der Waals surface area contributed by atoms with Gasteiger partial charge in [-0.1, -0.05) is 0 Å². The summed E-state index contributed by atoms with van der Waals surface area (Å²) in [6.45, 7) is 1.07. The van der Waals surface area contributed by atoms with E-state index in [2.05, 4.69) is 5.32 Å². The Bertz CT molecular complexity index is 792. The number of aliphatic hydroxyl groups is 1. The fraction of sp³-hybridized carbons (Fsp3) is 0.636. The molecule has 0 radical (unpaired) electrons. The van der Waals surface area contributed by atoms with Crippen molar-refractivity contribution in [2.24, 2.45) is 5.92 Å². The number of fused-ring (bicyclic) bond motifs is 3. The smallest absolute Gasteiger partial charge is 0.227 e. The van der Waals surface area contributed by atoms with Crippen molar-refractivity contribution in [2.45, 2.75) is 49.9 Å². The van der Waals surface area contributed by atoms with E-state index in [-0.39, 0.29) is 48.9 Å². The quantitative estimate of drug-likeness (QED) is 0.753. The third kappa shape index (κ3) is 4.31. The predicted octanol–water partition coefficient (Wildman–Crippen LogP) is 1.52. The van der Waals surface area contributed by atoms with E-state index >= 15 is 0 Å². The maximum atomic E-state index is 12.6. The van der Waals surface area contributed by atoms with Crippen molar-refractivity contribution in [3.8, 4) is 5.75 Å². The standard InChI is InChI=1S/C22H30N2O6/c1-24(2)20(26)11-15-10-17-16-9-14(23-22(27)13-5-7-28-8-6-13)3-4-18(16)30-21(17)19(12-25)29-15/h3-4,9,13,15,17,19,21,25H,5-8,10-12H2,1-2H3,(H,23,27)/t15-,17+,19+,21-/m0/s1. The van der Waals surface area contributed by atoms with Crippen LogP contribution in [-0.4, -0.2) is 74.0 Å². The van der Waals surface area contributed by atoms with Crippen molar-refractivity contribution in [1.82, 2.24) is 4.90 Å². The van der Waals surface area contributed by atoms with Crippen molar-refractivity contribution in [1.29, 1.82) is 0 Å². The maximum absolute atomic E-state index is 12.6. The summed E-state index contributed by atoms with van der Waals surface area (Å²) in [6, 6.07) is 5.67. The lowest BCUT2D eigenvalue weighted by Crippen LogP contribution is -2.47. The number of nitrogens with one attached hydrogen (secondary N) is 1. The second-order valence-electron chi connectivity index (χ2n) is 8.52. The minimum Gasteiger partial charge on any atom is -0.487 e. The van der Waals surface area contributed by atoms with Gasteiger partial charge in [0.2, 0.25) is 11.8 Å². The van der Waals surface area contributed by atoms with E-state index in [0.717, 1.165) is 29.8 Å². The minimum atomic E-state index is -0.489. The number of anilines is 1. The normalized spacial score (nSPS) is 28.2. The van der Waals surface area contributed by atoms with Crippen molar-refractivity contribution >= 4 is 17.5 Å². The van der Waals surface area contributed by atoms with E-state index < -0.39 is 6.10 Å². The van der Waals surface area contributed by atoms with Crippen molar-refractivity contribution < 1.29 is 28.9 Å². The largest absolute Gasteiger partial charge is 0.487 e. The van der Waals surface area contributed by atoms with E-state index in [1.165, 1.54) is 0 Å². The number of hydrogen-bond donors (Lipinski definition) is 2. The van der Waals surface area contributed by atoms with E-state index in [9.17, 15) is 14.7 Å². The van der Waals surface area contributed by atoms with Gasteiger partial charge in [-0.05, 0) is 37.5 Å². The Morgan fingerprint density at radius 3 is 2.70 bits per heavy atom. The van der Waals surface area contributed by atoms with Crippen LogP contribution >= 0.6 is 0 Å². The zero-order valence-corrected chi connectivity index (χ0v) is 17.5. The van der Waals surface area contributed by atoms with Crippen LogP contribution in [0.1, 0.15) is 37.2 Å². The molecule has 0 aliphatic carbocycles. The van der Waals surface area contributed by atoms with Crippen LogP contribution in [0.5, 0.6) is 5.75 Å². The van der Waals surface area contributed by atoms with Gasteiger partial charge < -0.3 is 29.5 Å². The zero-order valence-electron chi connectivity index (χ0n) is 17.5. The Labute approximate surface area is 176 Å². The first-order valence-corrected chi connectivity index (χ1v) is 10.6. The summed E-state index contributed by atoms with van der Waals surface area (Å²) in [5, 5.41) is 12.9. The molecule has 8 heteroatoms. The summed E-state index contributed by atoms with van der Waals surface area (Å²) >= 11 is 0. The van der Waals surface area contributed by atoms with Crippen LogP contribution in [0, 0.1) is 5.92 Å². The molecule has 8 nitrogen and oxygen atoms in total. The van der Waals surface area contributed by atoms with Gasteiger partial charge in [0, 0.05) is 50.4 Å². The fourth-order valence-electron chi connectivity index (χ4n) is 4.55. The molecule has 4 rings (SSSR count). The van der Waals surface area contributed by atoms with E-state index in [1.807, 2.05) is 18.2 Å². The summed E-state index contributed by atoms with van der Waals surface area (Å²) in [7, 11) is 3.44. The number of carbonyl (C=O) groups excluding carboxylic acids is 2. The molecule has 0 bridgehead atoms. The summed E-state index contributed by atoms with van der Waals surface area (Å²) in [4.78, 5) is 26.3. The lowest BCUT2D eigenvalue weighted by molar-refractivity contribution is -0.147. The number of rotatable bonds is 5. The monoisotopic (exact) mass is 418 g/mol. The first-order valence-electron chi connectivity index (χ1n) is 10.6. The fourth-order valence-corrected chi connectivity index (χ4v) is 4.55. The molecule has 164 valence electrons. The third-order valence-electron chi connectivity index (χ3n) is 6.26. The summed E-state index contributed by atoms with van der Waals surface area (Å²) in [6.07, 6.45) is 1.30. The maximum Gasteiger partial charge on any atom is 0.227 e. The molecule has 2 amide bonds. The van der Waals surface area contributed by atoms with Gasteiger partial charge in [0.15, 0.2) is 0 Å². The van der Waals surface area contributed by atoms with Crippen LogP contribution in [0.25, 0.3) is 0 Å². The van der Waals surface area contributed by atoms with Crippen molar-refractivity contribution in [3.63, 3.8) is 0 Å². The van der Waals surface area contributed by atoms with Gasteiger partial charge >= 0.3 is 0 Å². The molecule has 2 N–H and O–H groups in total. The van der Waals surface area contributed by atoms with Crippen LogP contribution in [0.2, 0.25) is 0 Å². The molecular formula is C22H30N2O6. The topological polar surface area (TPSA) is 97.3 Å². The van der Waals surface area contributed by atoms with E-state index in [0.29, 0.717) is 19.6 Å². The third-order valence-corrected chi connectivity index (χ3v) is 6.26. The molecule has 2 saturated heterocycles. The molecule has 0 unspecified atom stereocenters. The summed E-state index contributed by atoms with van der Waals surface area (Å²) < 4.78 is 17.4. The summed E-state index contributed by atoms with van der Waals surface area (Å²) in [5.41, 5.74) is 1.73. The number of aliphatic hydroxyl groups excluding tert-OH is 1. The molecule has 2 fully saturated rings. The highest BCUT2D eigenvalue weighted by Crippen LogP contribution is 2.47. The molecule has 1 aromatic carbocycles. The number of benzene rings is 1. The van der Waals surface area contributed by atoms with Crippen LogP contribution in [0.3, 0.4) is 0 Å². The lowest BCUT2D eigenvalue weighted by atomic mass is 9.84. The molecule has 0 saturated carbocycles. The van der Waals surface area contributed by atoms with Gasteiger partial charge in [-0.3, -0.25) is 9.59 Å². The molecule has 0 spiro atoms. The van der Waals surface area contributed by atoms with Gasteiger partial charge in [0.25, 0.3) is 0 Å².